The van der Waals surface area contributed by atoms with Crippen LogP contribution < -0.4 is 5.32 Å². The number of hydrogen-bond acceptors (Lipinski definition) is 4. The molecule has 100 valence electrons. The summed E-state index contributed by atoms with van der Waals surface area (Å²) in [6.45, 7) is 2.91. The Morgan fingerprint density at radius 1 is 1.33 bits per heavy atom. The second-order valence-corrected chi connectivity index (χ2v) is 5.07. The first-order chi connectivity index (χ1) is 8.68. The van der Waals surface area contributed by atoms with E-state index in [1.54, 1.807) is 6.92 Å². The smallest absolute Gasteiger partial charge is 0.0952 e. The second-order valence-electron chi connectivity index (χ2n) is 5.07. The van der Waals surface area contributed by atoms with E-state index in [4.69, 9.17) is 4.74 Å². The highest BCUT2D eigenvalue weighted by atomic mass is 16.5. The highest BCUT2D eigenvalue weighted by Gasteiger charge is 2.26. The fourth-order valence-electron chi connectivity index (χ4n) is 2.15. The molecule has 0 bridgehead atoms. The van der Waals surface area contributed by atoms with Gasteiger partial charge in [0, 0.05) is 6.54 Å². The van der Waals surface area contributed by atoms with Crippen LogP contribution in [-0.2, 0) is 11.2 Å². The number of ether oxygens (including phenoxy) is 1. The zero-order chi connectivity index (χ0) is 13.0. The Labute approximate surface area is 108 Å². The standard InChI is InChI=1S/C14H21NO3/c1-14(9-16,10-17)15-8-13-12-5-3-2-4-11(12)6-7-18-13/h2-5,13,15-17H,6-10H2,1H3. The van der Waals surface area contributed by atoms with Gasteiger partial charge < -0.3 is 20.3 Å². The third-order valence-electron chi connectivity index (χ3n) is 3.50. The Hall–Kier alpha value is -0.940. The van der Waals surface area contributed by atoms with Crippen LogP contribution in [0.15, 0.2) is 24.3 Å². The van der Waals surface area contributed by atoms with E-state index in [2.05, 4.69) is 17.4 Å². The molecule has 1 aliphatic rings. The van der Waals surface area contributed by atoms with Crippen LogP contribution in [0.5, 0.6) is 0 Å². The number of aliphatic hydroxyl groups is 2. The van der Waals surface area contributed by atoms with Gasteiger partial charge in [0.2, 0.25) is 0 Å². The van der Waals surface area contributed by atoms with Crippen molar-refractivity contribution in [2.75, 3.05) is 26.4 Å². The molecule has 0 saturated heterocycles. The molecule has 1 aromatic carbocycles. The molecule has 4 heteroatoms. The summed E-state index contributed by atoms with van der Waals surface area (Å²) >= 11 is 0. The predicted octanol–water partition coefficient (Wildman–Crippen LogP) is 0.633. The number of benzene rings is 1. The Kier molecular flexibility index (Phi) is 4.35. The summed E-state index contributed by atoms with van der Waals surface area (Å²) in [5.41, 5.74) is 1.87. The van der Waals surface area contributed by atoms with Gasteiger partial charge in [-0.25, -0.2) is 0 Å². The number of nitrogens with one attached hydrogen (secondary N) is 1. The van der Waals surface area contributed by atoms with Crippen molar-refractivity contribution in [3.8, 4) is 0 Å². The van der Waals surface area contributed by atoms with Gasteiger partial charge in [-0.05, 0) is 24.5 Å². The topological polar surface area (TPSA) is 61.7 Å². The van der Waals surface area contributed by atoms with Crippen molar-refractivity contribution in [1.29, 1.82) is 0 Å². The highest BCUT2D eigenvalue weighted by Crippen LogP contribution is 2.26. The lowest BCUT2D eigenvalue weighted by Crippen LogP contribution is -2.50. The lowest BCUT2D eigenvalue weighted by molar-refractivity contribution is 0.0261. The maximum absolute atomic E-state index is 9.25. The number of fused-ring (bicyclic) bond motifs is 1. The largest absolute Gasteiger partial charge is 0.394 e. The van der Waals surface area contributed by atoms with Crippen LogP contribution in [-0.4, -0.2) is 42.1 Å². The average Bonchev–Trinajstić information content (AvgIpc) is 2.44. The van der Waals surface area contributed by atoms with E-state index >= 15 is 0 Å². The summed E-state index contributed by atoms with van der Waals surface area (Å²) in [7, 11) is 0. The van der Waals surface area contributed by atoms with Gasteiger partial charge in [-0.15, -0.1) is 0 Å². The van der Waals surface area contributed by atoms with Gasteiger partial charge in [0.15, 0.2) is 0 Å². The summed E-state index contributed by atoms with van der Waals surface area (Å²) in [5, 5.41) is 21.7. The van der Waals surface area contributed by atoms with Crippen molar-refractivity contribution >= 4 is 0 Å². The maximum atomic E-state index is 9.25. The number of hydrogen-bond donors (Lipinski definition) is 3. The van der Waals surface area contributed by atoms with Crippen LogP contribution in [0.4, 0.5) is 0 Å². The van der Waals surface area contributed by atoms with E-state index in [-0.39, 0.29) is 19.3 Å². The van der Waals surface area contributed by atoms with Gasteiger partial charge in [0.25, 0.3) is 0 Å². The predicted molar refractivity (Wildman–Crippen MR) is 69.4 cm³/mol. The average molecular weight is 251 g/mol. The molecule has 18 heavy (non-hydrogen) atoms. The van der Waals surface area contributed by atoms with E-state index in [9.17, 15) is 10.2 Å². The van der Waals surface area contributed by atoms with Crippen LogP contribution in [0.3, 0.4) is 0 Å². The summed E-state index contributed by atoms with van der Waals surface area (Å²) in [4.78, 5) is 0. The third-order valence-corrected chi connectivity index (χ3v) is 3.50. The fourth-order valence-corrected chi connectivity index (χ4v) is 2.15. The quantitative estimate of drug-likeness (QED) is 0.718. The van der Waals surface area contributed by atoms with E-state index in [1.807, 2.05) is 12.1 Å². The lowest BCUT2D eigenvalue weighted by atomic mass is 9.96. The molecule has 2 rings (SSSR count). The van der Waals surface area contributed by atoms with E-state index in [0.717, 1.165) is 13.0 Å². The van der Waals surface area contributed by atoms with E-state index in [0.29, 0.717) is 6.54 Å². The van der Waals surface area contributed by atoms with E-state index < -0.39 is 5.54 Å². The van der Waals surface area contributed by atoms with Crippen molar-refractivity contribution < 1.29 is 14.9 Å². The van der Waals surface area contributed by atoms with Crippen LogP contribution in [0.25, 0.3) is 0 Å². The normalized spacial score (nSPS) is 19.6. The van der Waals surface area contributed by atoms with Gasteiger partial charge in [-0.3, -0.25) is 0 Å². The van der Waals surface area contributed by atoms with Crippen LogP contribution in [0.1, 0.15) is 24.2 Å². The SMILES string of the molecule is CC(CO)(CO)NCC1OCCc2ccccc21. The highest BCUT2D eigenvalue weighted by molar-refractivity contribution is 5.31. The van der Waals surface area contributed by atoms with Gasteiger partial charge in [-0.1, -0.05) is 24.3 Å². The first kappa shape index (κ1) is 13.5. The molecule has 1 heterocycles. The van der Waals surface area contributed by atoms with Gasteiger partial charge in [-0.2, -0.15) is 0 Å². The molecule has 0 saturated carbocycles. The minimum atomic E-state index is -0.657. The molecule has 0 spiro atoms. The summed E-state index contributed by atoms with van der Waals surface area (Å²) in [5.74, 6) is 0. The van der Waals surface area contributed by atoms with Crippen LogP contribution in [0.2, 0.25) is 0 Å². The van der Waals surface area contributed by atoms with Crippen molar-refractivity contribution in [2.45, 2.75) is 25.0 Å². The molecular weight excluding hydrogens is 230 g/mol. The Morgan fingerprint density at radius 3 is 2.78 bits per heavy atom. The Morgan fingerprint density at radius 2 is 2.06 bits per heavy atom. The molecule has 0 amide bonds. The van der Waals surface area contributed by atoms with Crippen molar-refractivity contribution in [2.24, 2.45) is 0 Å². The van der Waals surface area contributed by atoms with Gasteiger partial charge >= 0.3 is 0 Å². The van der Waals surface area contributed by atoms with E-state index in [1.165, 1.54) is 11.1 Å². The molecule has 3 N–H and O–H groups in total. The summed E-state index contributed by atoms with van der Waals surface area (Å²) < 4.78 is 5.76. The Balaban J connectivity index is 2.03. The fraction of sp³-hybridized carbons (Fsp3) is 0.571. The molecule has 0 aliphatic carbocycles. The van der Waals surface area contributed by atoms with Crippen LogP contribution >= 0.6 is 0 Å². The molecule has 0 aromatic heterocycles. The summed E-state index contributed by atoms with van der Waals surface area (Å²) in [6.07, 6.45) is 0.941. The van der Waals surface area contributed by atoms with Crippen molar-refractivity contribution in [1.82, 2.24) is 5.32 Å². The second kappa shape index (κ2) is 5.80. The van der Waals surface area contributed by atoms with Gasteiger partial charge in [0.1, 0.15) is 0 Å². The minimum absolute atomic E-state index is 0.00706. The van der Waals surface area contributed by atoms with Crippen LogP contribution in [0, 0.1) is 0 Å². The molecule has 4 nitrogen and oxygen atoms in total. The summed E-state index contributed by atoms with van der Waals surface area (Å²) in [6, 6.07) is 8.26. The Bertz CT molecular complexity index is 390. The lowest BCUT2D eigenvalue weighted by Gasteiger charge is -2.31. The molecule has 0 radical (unpaired) electrons. The molecular formula is C14H21NO3. The van der Waals surface area contributed by atoms with Crippen molar-refractivity contribution in [3.05, 3.63) is 35.4 Å². The first-order valence-corrected chi connectivity index (χ1v) is 6.35. The molecule has 1 aromatic rings. The molecule has 1 aliphatic heterocycles. The number of rotatable bonds is 5. The number of aliphatic hydroxyl groups excluding tert-OH is 2. The monoisotopic (exact) mass is 251 g/mol. The molecule has 0 fully saturated rings. The zero-order valence-corrected chi connectivity index (χ0v) is 10.7. The molecule has 1 unspecified atom stereocenters. The first-order valence-electron chi connectivity index (χ1n) is 6.35. The third kappa shape index (κ3) is 2.90. The van der Waals surface area contributed by atoms with Crippen molar-refractivity contribution in [3.63, 3.8) is 0 Å². The van der Waals surface area contributed by atoms with Gasteiger partial charge in [0.05, 0.1) is 31.5 Å². The minimum Gasteiger partial charge on any atom is -0.394 e. The zero-order valence-electron chi connectivity index (χ0n) is 10.7. The molecule has 1 atom stereocenters. The maximum Gasteiger partial charge on any atom is 0.0952 e.